The summed E-state index contributed by atoms with van der Waals surface area (Å²) in [5.74, 6) is 0.152. The fourth-order valence-corrected chi connectivity index (χ4v) is 2.39. The minimum Gasteiger partial charge on any atom is -0.365 e. The van der Waals surface area contributed by atoms with Crippen molar-refractivity contribution in [1.29, 1.82) is 5.26 Å². The Morgan fingerprint density at radius 3 is 3.04 bits per heavy atom. The fourth-order valence-electron chi connectivity index (χ4n) is 2.39. The predicted octanol–water partition coefficient (Wildman–Crippen LogP) is 1.33. The Morgan fingerprint density at radius 1 is 1.42 bits per heavy atom. The number of morpholine rings is 1. The van der Waals surface area contributed by atoms with Gasteiger partial charge < -0.3 is 15.4 Å². The number of carbonyl (C=O) groups is 1. The molecule has 1 fully saturated rings. The van der Waals surface area contributed by atoms with E-state index in [0.29, 0.717) is 30.2 Å². The van der Waals surface area contributed by atoms with Crippen molar-refractivity contribution in [1.82, 2.24) is 15.3 Å². The first-order valence-electron chi connectivity index (χ1n) is 7.64. The molecule has 1 aliphatic heterocycles. The van der Waals surface area contributed by atoms with E-state index in [1.165, 1.54) is 6.33 Å². The van der Waals surface area contributed by atoms with Crippen molar-refractivity contribution in [3.05, 3.63) is 42.2 Å². The van der Waals surface area contributed by atoms with Gasteiger partial charge in [-0.1, -0.05) is 12.1 Å². The number of carbonyl (C=O) groups excluding carboxylic acids is 1. The molecule has 7 heteroatoms. The van der Waals surface area contributed by atoms with Crippen molar-refractivity contribution in [3.8, 4) is 17.3 Å². The molecule has 0 aliphatic carbocycles. The van der Waals surface area contributed by atoms with Crippen LogP contribution in [0.15, 0.2) is 36.7 Å². The number of amides is 1. The molecule has 1 aromatic heterocycles. The molecule has 1 amide bonds. The average Bonchev–Trinajstić information content (AvgIpc) is 2.62. The van der Waals surface area contributed by atoms with Gasteiger partial charge in [0, 0.05) is 24.2 Å². The topological polar surface area (TPSA) is 99.9 Å². The lowest BCUT2D eigenvalue weighted by Gasteiger charge is -2.27. The van der Waals surface area contributed by atoms with Gasteiger partial charge in [-0.15, -0.1) is 0 Å². The second-order valence-electron chi connectivity index (χ2n) is 5.60. The van der Waals surface area contributed by atoms with E-state index < -0.39 is 6.10 Å². The summed E-state index contributed by atoms with van der Waals surface area (Å²) in [5, 5.41) is 14.9. The van der Waals surface area contributed by atoms with Gasteiger partial charge in [0.2, 0.25) is 0 Å². The minimum atomic E-state index is -0.540. The van der Waals surface area contributed by atoms with Gasteiger partial charge in [-0.2, -0.15) is 5.26 Å². The molecule has 2 aromatic rings. The van der Waals surface area contributed by atoms with E-state index in [1.807, 2.05) is 13.0 Å². The zero-order chi connectivity index (χ0) is 16.9. The summed E-state index contributed by atoms with van der Waals surface area (Å²) in [6, 6.07) is 11.1. The van der Waals surface area contributed by atoms with Gasteiger partial charge in [-0.25, -0.2) is 9.97 Å². The van der Waals surface area contributed by atoms with Crippen LogP contribution < -0.4 is 10.6 Å². The number of nitrogens with zero attached hydrogens (tertiary/aromatic N) is 3. The summed E-state index contributed by atoms with van der Waals surface area (Å²) in [4.78, 5) is 20.5. The second kappa shape index (κ2) is 7.17. The van der Waals surface area contributed by atoms with Crippen LogP contribution in [-0.2, 0) is 9.53 Å². The van der Waals surface area contributed by atoms with E-state index in [2.05, 4.69) is 26.7 Å². The number of anilines is 1. The molecule has 0 saturated carbocycles. The van der Waals surface area contributed by atoms with E-state index in [-0.39, 0.29) is 11.9 Å². The first-order chi connectivity index (χ1) is 11.7. The first-order valence-corrected chi connectivity index (χ1v) is 7.64. The van der Waals surface area contributed by atoms with Gasteiger partial charge in [0.1, 0.15) is 18.2 Å². The van der Waals surface area contributed by atoms with Crippen LogP contribution in [-0.4, -0.2) is 41.2 Å². The zero-order valence-electron chi connectivity index (χ0n) is 13.2. The molecule has 0 bridgehead atoms. The predicted molar refractivity (Wildman–Crippen MR) is 88.0 cm³/mol. The molecular weight excluding hydrogens is 306 g/mol. The van der Waals surface area contributed by atoms with Gasteiger partial charge in [0.25, 0.3) is 5.91 Å². The molecule has 24 heavy (non-hydrogen) atoms. The van der Waals surface area contributed by atoms with Crippen LogP contribution in [0.25, 0.3) is 11.3 Å². The number of aromatic nitrogens is 2. The summed E-state index contributed by atoms with van der Waals surface area (Å²) in [7, 11) is 0. The average molecular weight is 323 g/mol. The maximum atomic E-state index is 12.2. The standard InChI is InChI=1S/C17H17N5O2/c1-11-9-24-15(8-19-11)17(23)22-16-6-14(20-10-21-16)13-4-2-3-12(5-13)7-18/h2-6,10-11,15,19H,8-9H2,1H3,(H,20,21,22,23)/t11?,15-/m1/s1. The molecule has 1 saturated heterocycles. The third-order valence-corrected chi connectivity index (χ3v) is 3.70. The molecule has 1 unspecified atom stereocenters. The lowest BCUT2D eigenvalue weighted by Crippen LogP contribution is -2.49. The van der Waals surface area contributed by atoms with Crippen molar-refractivity contribution in [2.75, 3.05) is 18.5 Å². The van der Waals surface area contributed by atoms with Crippen molar-refractivity contribution in [2.24, 2.45) is 0 Å². The van der Waals surface area contributed by atoms with E-state index in [9.17, 15) is 4.79 Å². The molecular formula is C17H17N5O2. The zero-order valence-corrected chi connectivity index (χ0v) is 13.2. The molecule has 1 aliphatic rings. The maximum absolute atomic E-state index is 12.2. The van der Waals surface area contributed by atoms with Crippen LogP contribution in [0.5, 0.6) is 0 Å². The Morgan fingerprint density at radius 2 is 2.29 bits per heavy atom. The van der Waals surface area contributed by atoms with E-state index in [4.69, 9.17) is 10.00 Å². The number of nitriles is 1. The Labute approximate surface area is 139 Å². The first kappa shape index (κ1) is 16.1. The molecule has 1 aromatic carbocycles. The number of benzene rings is 1. The largest absolute Gasteiger partial charge is 0.365 e. The Balaban J connectivity index is 1.73. The van der Waals surface area contributed by atoms with Gasteiger partial charge >= 0.3 is 0 Å². The van der Waals surface area contributed by atoms with Gasteiger partial charge in [-0.3, -0.25) is 4.79 Å². The van der Waals surface area contributed by atoms with Crippen molar-refractivity contribution in [2.45, 2.75) is 19.1 Å². The highest BCUT2D eigenvalue weighted by molar-refractivity contribution is 5.94. The Hall–Kier alpha value is -2.82. The Bertz CT molecular complexity index is 779. The van der Waals surface area contributed by atoms with Crippen LogP contribution in [0.4, 0.5) is 5.82 Å². The molecule has 122 valence electrons. The lowest BCUT2D eigenvalue weighted by atomic mass is 10.1. The highest BCUT2D eigenvalue weighted by Gasteiger charge is 2.25. The molecule has 2 atom stereocenters. The van der Waals surface area contributed by atoms with E-state index in [0.717, 1.165) is 5.56 Å². The molecule has 2 heterocycles. The SMILES string of the molecule is CC1CO[C@@H](C(=O)Nc2cc(-c3cccc(C#N)c3)ncn2)CN1. The van der Waals surface area contributed by atoms with Crippen LogP contribution in [0.2, 0.25) is 0 Å². The smallest absolute Gasteiger partial charge is 0.255 e. The normalized spacial score (nSPS) is 20.2. The molecule has 3 rings (SSSR count). The minimum absolute atomic E-state index is 0.243. The quantitative estimate of drug-likeness (QED) is 0.884. The maximum Gasteiger partial charge on any atom is 0.255 e. The van der Waals surface area contributed by atoms with Gasteiger partial charge in [0.15, 0.2) is 0 Å². The van der Waals surface area contributed by atoms with Crippen LogP contribution in [0.3, 0.4) is 0 Å². The molecule has 0 spiro atoms. The summed E-state index contributed by atoms with van der Waals surface area (Å²) in [6.45, 7) is 2.96. The monoisotopic (exact) mass is 323 g/mol. The van der Waals surface area contributed by atoms with Crippen molar-refractivity contribution in [3.63, 3.8) is 0 Å². The number of rotatable bonds is 3. The summed E-state index contributed by atoms with van der Waals surface area (Å²) < 4.78 is 5.52. The lowest BCUT2D eigenvalue weighted by molar-refractivity contribution is -0.129. The molecule has 2 N–H and O–H groups in total. The molecule has 0 radical (unpaired) electrons. The van der Waals surface area contributed by atoms with Gasteiger partial charge in [-0.05, 0) is 19.1 Å². The second-order valence-corrected chi connectivity index (χ2v) is 5.60. The van der Waals surface area contributed by atoms with E-state index in [1.54, 1.807) is 24.3 Å². The summed E-state index contributed by atoms with van der Waals surface area (Å²) in [6.07, 6.45) is 0.841. The van der Waals surface area contributed by atoms with Gasteiger partial charge in [0.05, 0.1) is 23.9 Å². The number of ether oxygens (including phenoxy) is 1. The number of hydrogen-bond donors (Lipinski definition) is 2. The third-order valence-electron chi connectivity index (χ3n) is 3.70. The van der Waals surface area contributed by atoms with Crippen LogP contribution in [0, 0.1) is 11.3 Å². The fraction of sp³-hybridized carbons (Fsp3) is 0.294. The highest BCUT2D eigenvalue weighted by Crippen LogP contribution is 2.20. The number of nitrogens with one attached hydrogen (secondary N) is 2. The summed E-state index contributed by atoms with van der Waals surface area (Å²) in [5.41, 5.74) is 1.97. The van der Waals surface area contributed by atoms with Crippen molar-refractivity contribution < 1.29 is 9.53 Å². The highest BCUT2D eigenvalue weighted by atomic mass is 16.5. The Kier molecular flexibility index (Phi) is 4.79. The summed E-state index contributed by atoms with van der Waals surface area (Å²) >= 11 is 0. The van der Waals surface area contributed by atoms with Crippen LogP contribution in [0.1, 0.15) is 12.5 Å². The third kappa shape index (κ3) is 3.74. The molecule has 7 nitrogen and oxygen atoms in total. The van der Waals surface area contributed by atoms with Crippen molar-refractivity contribution >= 4 is 11.7 Å². The van der Waals surface area contributed by atoms with E-state index >= 15 is 0 Å². The number of hydrogen-bond acceptors (Lipinski definition) is 6. The van der Waals surface area contributed by atoms with Crippen LogP contribution >= 0.6 is 0 Å².